The molecule has 0 fully saturated rings. The normalized spacial score (nSPS) is 10.4. The van der Waals surface area contributed by atoms with Gasteiger partial charge in [0.2, 0.25) is 0 Å². The number of aromatic nitrogens is 2. The number of hydrogen-bond acceptors (Lipinski definition) is 5. The Labute approximate surface area is 128 Å². The molecule has 2 aromatic heterocycles. The third-order valence-electron chi connectivity index (χ3n) is 3.08. The summed E-state index contributed by atoms with van der Waals surface area (Å²) in [6, 6.07) is 5.57. The lowest BCUT2D eigenvalue weighted by Gasteiger charge is -2.06. The molecule has 0 saturated carbocycles. The Bertz CT molecular complexity index is 580. The lowest BCUT2D eigenvalue weighted by Crippen LogP contribution is -2.24. The molecule has 0 spiro atoms. The smallest absolute Gasteiger partial charge is 0.272 e. The summed E-state index contributed by atoms with van der Waals surface area (Å²) < 4.78 is 0. The summed E-state index contributed by atoms with van der Waals surface area (Å²) in [6.45, 7) is 5.58. The second-order valence-corrected chi connectivity index (χ2v) is 5.64. The molecule has 0 saturated heterocycles. The molecule has 5 nitrogen and oxygen atoms in total. The molecule has 2 rings (SSSR count). The summed E-state index contributed by atoms with van der Waals surface area (Å²) in [5.74, 6) is 0.500. The maximum absolute atomic E-state index is 12.0. The number of nitrogens with zero attached hydrogens (tertiary/aromatic N) is 2. The lowest BCUT2D eigenvalue weighted by atomic mass is 10.2. The standard InChI is InChI=1S/C15H20N4OS/c1-3-8-16-14-6-5-12(18-19-14)15(20)17-10-13-11(4-2)7-9-21-13/h5-7,9H,3-4,8,10H2,1-2H3,(H,16,19)(H,17,20). The van der Waals surface area contributed by atoms with E-state index in [-0.39, 0.29) is 5.91 Å². The van der Waals surface area contributed by atoms with Gasteiger partial charge in [0.15, 0.2) is 5.69 Å². The Hall–Kier alpha value is -1.95. The van der Waals surface area contributed by atoms with Crippen LogP contribution >= 0.6 is 11.3 Å². The highest BCUT2D eigenvalue weighted by Crippen LogP contribution is 2.17. The van der Waals surface area contributed by atoms with Gasteiger partial charge in [-0.05, 0) is 42.0 Å². The van der Waals surface area contributed by atoms with Crippen molar-refractivity contribution in [2.45, 2.75) is 33.2 Å². The average molecular weight is 304 g/mol. The molecule has 0 aliphatic carbocycles. The first-order valence-corrected chi connectivity index (χ1v) is 8.03. The van der Waals surface area contributed by atoms with E-state index in [0.717, 1.165) is 19.4 Å². The minimum absolute atomic E-state index is 0.194. The van der Waals surface area contributed by atoms with Crippen LogP contribution in [-0.2, 0) is 13.0 Å². The van der Waals surface area contributed by atoms with Crippen LogP contribution in [0.5, 0.6) is 0 Å². The fourth-order valence-corrected chi connectivity index (χ4v) is 2.80. The lowest BCUT2D eigenvalue weighted by molar-refractivity contribution is 0.0945. The molecule has 2 aromatic rings. The summed E-state index contributed by atoms with van der Waals surface area (Å²) in [4.78, 5) is 13.2. The van der Waals surface area contributed by atoms with Crippen LogP contribution in [0.2, 0.25) is 0 Å². The monoisotopic (exact) mass is 304 g/mol. The molecule has 21 heavy (non-hydrogen) atoms. The van der Waals surface area contributed by atoms with Crippen molar-refractivity contribution in [2.24, 2.45) is 0 Å². The van der Waals surface area contributed by atoms with Gasteiger partial charge in [-0.2, -0.15) is 0 Å². The van der Waals surface area contributed by atoms with Crippen LogP contribution in [0.3, 0.4) is 0 Å². The number of carbonyl (C=O) groups excluding carboxylic acids is 1. The predicted octanol–water partition coefficient (Wildman–Crippen LogP) is 2.85. The number of thiophene rings is 1. The first-order chi connectivity index (χ1) is 10.2. The third-order valence-corrected chi connectivity index (χ3v) is 4.04. The molecule has 0 aliphatic rings. The molecule has 112 valence electrons. The number of anilines is 1. The van der Waals surface area contributed by atoms with E-state index in [2.05, 4.69) is 40.7 Å². The van der Waals surface area contributed by atoms with Crippen molar-refractivity contribution in [3.63, 3.8) is 0 Å². The Morgan fingerprint density at radius 1 is 1.24 bits per heavy atom. The molecule has 2 heterocycles. The van der Waals surface area contributed by atoms with Gasteiger partial charge in [0, 0.05) is 11.4 Å². The minimum atomic E-state index is -0.194. The summed E-state index contributed by atoms with van der Waals surface area (Å²) in [5.41, 5.74) is 1.62. The zero-order valence-electron chi connectivity index (χ0n) is 12.3. The quantitative estimate of drug-likeness (QED) is 0.825. The highest BCUT2D eigenvalue weighted by Gasteiger charge is 2.09. The summed E-state index contributed by atoms with van der Waals surface area (Å²) in [7, 11) is 0. The fraction of sp³-hybridized carbons (Fsp3) is 0.400. The number of hydrogen-bond donors (Lipinski definition) is 2. The van der Waals surface area contributed by atoms with Crippen molar-refractivity contribution in [1.82, 2.24) is 15.5 Å². The molecule has 0 radical (unpaired) electrons. The first-order valence-electron chi connectivity index (χ1n) is 7.15. The van der Waals surface area contributed by atoms with E-state index in [1.807, 2.05) is 5.38 Å². The largest absolute Gasteiger partial charge is 0.369 e. The Morgan fingerprint density at radius 3 is 2.76 bits per heavy atom. The SMILES string of the molecule is CCCNc1ccc(C(=O)NCc2sccc2CC)nn1. The van der Waals surface area contributed by atoms with Crippen molar-refractivity contribution < 1.29 is 4.79 Å². The fourth-order valence-electron chi connectivity index (χ4n) is 1.89. The van der Waals surface area contributed by atoms with Crippen LogP contribution in [0, 0.1) is 0 Å². The summed E-state index contributed by atoms with van der Waals surface area (Å²) in [5, 5.41) is 16.0. The highest BCUT2D eigenvalue weighted by molar-refractivity contribution is 7.10. The molecule has 0 unspecified atom stereocenters. The predicted molar refractivity (Wildman–Crippen MR) is 85.7 cm³/mol. The average Bonchev–Trinajstić information content (AvgIpc) is 2.98. The number of aryl methyl sites for hydroxylation is 1. The Balaban J connectivity index is 1.91. The van der Waals surface area contributed by atoms with Gasteiger partial charge in [-0.1, -0.05) is 13.8 Å². The van der Waals surface area contributed by atoms with Gasteiger partial charge in [-0.25, -0.2) is 0 Å². The second kappa shape index (κ2) is 7.73. The third kappa shape index (κ3) is 4.26. The van der Waals surface area contributed by atoms with Crippen molar-refractivity contribution in [2.75, 3.05) is 11.9 Å². The van der Waals surface area contributed by atoms with E-state index in [1.54, 1.807) is 23.5 Å². The molecule has 1 amide bonds. The van der Waals surface area contributed by atoms with E-state index in [4.69, 9.17) is 0 Å². The zero-order chi connectivity index (χ0) is 15.1. The van der Waals surface area contributed by atoms with Crippen molar-refractivity contribution in [3.05, 3.63) is 39.7 Å². The van der Waals surface area contributed by atoms with Crippen LogP contribution in [-0.4, -0.2) is 22.6 Å². The highest BCUT2D eigenvalue weighted by atomic mass is 32.1. The molecule has 0 aromatic carbocycles. The molecular formula is C15H20N4OS. The van der Waals surface area contributed by atoms with Gasteiger partial charge in [0.05, 0.1) is 6.54 Å². The van der Waals surface area contributed by atoms with E-state index >= 15 is 0 Å². The van der Waals surface area contributed by atoms with Gasteiger partial charge < -0.3 is 10.6 Å². The van der Waals surface area contributed by atoms with Gasteiger partial charge in [0.25, 0.3) is 5.91 Å². The van der Waals surface area contributed by atoms with Gasteiger partial charge in [-0.15, -0.1) is 21.5 Å². The van der Waals surface area contributed by atoms with Crippen LogP contribution < -0.4 is 10.6 Å². The number of carbonyl (C=O) groups is 1. The van der Waals surface area contributed by atoms with Gasteiger partial charge in [0.1, 0.15) is 5.82 Å². The van der Waals surface area contributed by atoms with Crippen LogP contribution in [0.1, 0.15) is 41.2 Å². The Morgan fingerprint density at radius 2 is 2.10 bits per heavy atom. The molecule has 6 heteroatoms. The molecular weight excluding hydrogens is 284 g/mol. The van der Waals surface area contributed by atoms with Gasteiger partial charge >= 0.3 is 0 Å². The summed E-state index contributed by atoms with van der Waals surface area (Å²) in [6.07, 6.45) is 2.00. The summed E-state index contributed by atoms with van der Waals surface area (Å²) >= 11 is 1.66. The van der Waals surface area contributed by atoms with E-state index in [0.29, 0.717) is 18.1 Å². The maximum atomic E-state index is 12.0. The van der Waals surface area contributed by atoms with Crippen LogP contribution in [0.15, 0.2) is 23.6 Å². The van der Waals surface area contributed by atoms with Crippen molar-refractivity contribution in [1.29, 1.82) is 0 Å². The molecule has 2 N–H and O–H groups in total. The first kappa shape index (κ1) is 15.4. The Kier molecular flexibility index (Phi) is 5.68. The number of amides is 1. The molecule has 0 bridgehead atoms. The van der Waals surface area contributed by atoms with Crippen LogP contribution in [0.4, 0.5) is 5.82 Å². The van der Waals surface area contributed by atoms with E-state index in [9.17, 15) is 4.79 Å². The second-order valence-electron chi connectivity index (χ2n) is 4.64. The maximum Gasteiger partial charge on any atom is 0.272 e. The van der Waals surface area contributed by atoms with E-state index < -0.39 is 0 Å². The minimum Gasteiger partial charge on any atom is -0.369 e. The number of rotatable bonds is 7. The van der Waals surface area contributed by atoms with Crippen molar-refractivity contribution >= 4 is 23.1 Å². The van der Waals surface area contributed by atoms with Crippen LogP contribution in [0.25, 0.3) is 0 Å². The number of nitrogens with one attached hydrogen (secondary N) is 2. The molecule has 0 atom stereocenters. The zero-order valence-corrected chi connectivity index (χ0v) is 13.2. The molecule has 0 aliphatic heterocycles. The van der Waals surface area contributed by atoms with E-state index in [1.165, 1.54) is 10.4 Å². The van der Waals surface area contributed by atoms with Gasteiger partial charge in [-0.3, -0.25) is 4.79 Å². The van der Waals surface area contributed by atoms with Crippen molar-refractivity contribution in [3.8, 4) is 0 Å². The topological polar surface area (TPSA) is 66.9 Å².